The van der Waals surface area contributed by atoms with Gasteiger partial charge in [0.1, 0.15) is 11.5 Å². The van der Waals surface area contributed by atoms with E-state index in [-0.39, 0.29) is 11.9 Å². The standard InChI is InChI=1S/C19H21N7O/c1-13-11-14(2)26(24-13)18-7-6-17(22-23-18)21-15-8-10-25(12-15)19(27)16-5-3-4-9-20-16/h3-7,9,11,15H,8,10,12H2,1-2H3,(H,21,22). The average Bonchev–Trinajstić information content (AvgIpc) is 3.28. The fourth-order valence-corrected chi connectivity index (χ4v) is 3.30. The maximum Gasteiger partial charge on any atom is 0.272 e. The van der Waals surface area contributed by atoms with E-state index in [0.717, 1.165) is 17.8 Å². The number of rotatable bonds is 4. The van der Waals surface area contributed by atoms with Crippen LogP contribution in [0.1, 0.15) is 28.3 Å². The largest absolute Gasteiger partial charge is 0.364 e. The second-order valence-corrected chi connectivity index (χ2v) is 6.71. The van der Waals surface area contributed by atoms with Crippen LogP contribution in [-0.4, -0.2) is 54.9 Å². The molecule has 1 N–H and O–H groups in total. The number of pyridine rings is 1. The highest BCUT2D eigenvalue weighted by atomic mass is 16.2. The van der Waals surface area contributed by atoms with Crippen LogP contribution in [0.25, 0.3) is 5.82 Å². The van der Waals surface area contributed by atoms with Crippen molar-refractivity contribution in [2.75, 3.05) is 18.4 Å². The lowest BCUT2D eigenvalue weighted by molar-refractivity contribution is 0.0786. The zero-order chi connectivity index (χ0) is 18.8. The zero-order valence-electron chi connectivity index (χ0n) is 15.3. The minimum absolute atomic E-state index is 0.0362. The molecule has 1 aliphatic rings. The predicted octanol–water partition coefficient (Wildman–Crippen LogP) is 2.00. The number of nitrogens with one attached hydrogen (secondary N) is 1. The molecule has 4 rings (SSSR count). The molecule has 1 amide bonds. The number of aryl methyl sites for hydroxylation is 2. The lowest BCUT2D eigenvalue weighted by Gasteiger charge is -2.17. The quantitative estimate of drug-likeness (QED) is 0.763. The van der Waals surface area contributed by atoms with E-state index in [0.29, 0.717) is 30.4 Å². The lowest BCUT2D eigenvalue weighted by atomic mass is 10.2. The molecule has 1 saturated heterocycles. The smallest absolute Gasteiger partial charge is 0.272 e. The van der Waals surface area contributed by atoms with E-state index in [1.54, 1.807) is 23.0 Å². The monoisotopic (exact) mass is 363 g/mol. The van der Waals surface area contributed by atoms with E-state index < -0.39 is 0 Å². The van der Waals surface area contributed by atoms with Crippen molar-refractivity contribution in [2.24, 2.45) is 0 Å². The van der Waals surface area contributed by atoms with Gasteiger partial charge in [0, 0.05) is 31.0 Å². The Hall–Kier alpha value is -3.29. The molecule has 0 aromatic carbocycles. The molecule has 8 heteroatoms. The van der Waals surface area contributed by atoms with Crippen LogP contribution in [0, 0.1) is 13.8 Å². The van der Waals surface area contributed by atoms with Gasteiger partial charge in [-0.25, -0.2) is 4.68 Å². The first-order chi connectivity index (χ1) is 13.1. The first-order valence-electron chi connectivity index (χ1n) is 8.94. The fraction of sp³-hybridized carbons (Fsp3) is 0.316. The molecular formula is C19H21N7O. The second kappa shape index (κ2) is 7.14. The molecule has 0 bridgehead atoms. The van der Waals surface area contributed by atoms with Crippen LogP contribution in [0.3, 0.4) is 0 Å². The van der Waals surface area contributed by atoms with Crippen LogP contribution in [0.4, 0.5) is 5.82 Å². The molecule has 1 unspecified atom stereocenters. The van der Waals surface area contributed by atoms with Gasteiger partial charge < -0.3 is 10.2 Å². The molecule has 8 nitrogen and oxygen atoms in total. The normalized spacial score (nSPS) is 16.5. The molecule has 1 fully saturated rings. The van der Waals surface area contributed by atoms with Crippen molar-refractivity contribution in [1.29, 1.82) is 0 Å². The van der Waals surface area contributed by atoms with Gasteiger partial charge in [-0.2, -0.15) is 5.10 Å². The van der Waals surface area contributed by atoms with Crippen molar-refractivity contribution in [3.63, 3.8) is 0 Å². The summed E-state index contributed by atoms with van der Waals surface area (Å²) in [5.74, 6) is 1.34. The van der Waals surface area contributed by atoms with Crippen molar-refractivity contribution < 1.29 is 4.79 Å². The van der Waals surface area contributed by atoms with Gasteiger partial charge in [0.05, 0.1) is 5.69 Å². The van der Waals surface area contributed by atoms with E-state index in [4.69, 9.17) is 0 Å². The summed E-state index contributed by atoms with van der Waals surface area (Å²) >= 11 is 0. The Kier molecular flexibility index (Phi) is 4.53. The number of carbonyl (C=O) groups is 1. The highest BCUT2D eigenvalue weighted by molar-refractivity contribution is 5.92. The first kappa shape index (κ1) is 17.1. The molecule has 3 aromatic rings. The van der Waals surface area contributed by atoms with Crippen LogP contribution < -0.4 is 5.32 Å². The minimum Gasteiger partial charge on any atom is -0.364 e. The van der Waals surface area contributed by atoms with E-state index in [1.165, 1.54) is 0 Å². The third kappa shape index (κ3) is 3.64. The number of likely N-dealkylation sites (tertiary alicyclic amines) is 1. The molecule has 0 radical (unpaired) electrons. The number of aromatic nitrogens is 5. The Morgan fingerprint density at radius 2 is 2.07 bits per heavy atom. The van der Waals surface area contributed by atoms with Gasteiger partial charge in [-0.3, -0.25) is 9.78 Å². The summed E-state index contributed by atoms with van der Waals surface area (Å²) in [4.78, 5) is 18.4. The molecular weight excluding hydrogens is 342 g/mol. The predicted molar refractivity (Wildman–Crippen MR) is 101 cm³/mol. The number of anilines is 1. The second-order valence-electron chi connectivity index (χ2n) is 6.71. The van der Waals surface area contributed by atoms with Gasteiger partial charge in [-0.05, 0) is 50.6 Å². The van der Waals surface area contributed by atoms with Crippen LogP contribution in [0.15, 0.2) is 42.6 Å². The van der Waals surface area contributed by atoms with E-state index in [2.05, 4.69) is 25.6 Å². The molecule has 0 aliphatic carbocycles. The van der Waals surface area contributed by atoms with E-state index in [9.17, 15) is 4.79 Å². The topological polar surface area (TPSA) is 88.8 Å². The molecule has 4 heterocycles. The summed E-state index contributed by atoms with van der Waals surface area (Å²) in [6.07, 6.45) is 2.50. The Morgan fingerprint density at radius 1 is 1.19 bits per heavy atom. The number of carbonyl (C=O) groups excluding carboxylic acids is 1. The van der Waals surface area contributed by atoms with Gasteiger partial charge in [0.2, 0.25) is 0 Å². The summed E-state index contributed by atoms with van der Waals surface area (Å²) in [6, 6.07) is 11.3. The van der Waals surface area contributed by atoms with Crippen LogP contribution in [0.5, 0.6) is 0 Å². The van der Waals surface area contributed by atoms with Gasteiger partial charge >= 0.3 is 0 Å². The molecule has 0 saturated carbocycles. The maximum atomic E-state index is 12.5. The Labute approximate surface area is 157 Å². The van der Waals surface area contributed by atoms with Crippen LogP contribution in [0.2, 0.25) is 0 Å². The summed E-state index contributed by atoms with van der Waals surface area (Å²) in [7, 11) is 0. The average molecular weight is 363 g/mol. The Morgan fingerprint density at radius 3 is 2.74 bits per heavy atom. The maximum absolute atomic E-state index is 12.5. The van der Waals surface area contributed by atoms with Crippen molar-refractivity contribution in [1.82, 2.24) is 29.9 Å². The first-order valence-corrected chi connectivity index (χ1v) is 8.94. The lowest BCUT2D eigenvalue weighted by Crippen LogP contribution is -2.32. The van der Waals surface area contributed by atoms with Gasteiger partial charge in [-0.1, -0.05) is 6.07 Å². The summed E-state index contributed by atoms with van der Waals surface area (Å²) in [6.45, 7) is 5.26. The van der Waals surface area contributed by atoms with E-state index in [1.807, 2.05) is 43.0 Å². The van der Waals surface area contributed by atoms with Gasteiger partial charge in [-0.15, -0.1) is 10.2 Å². The fourth-order valence-electron chi connectivity index (χ4n) is 3.30. The summed E-state index contributed by atoms with van der Waals surface area (Å²) in [5, 5.41) is 16.3. The molecule has 3 aromatic heterocycles. The number of amides is 1. The SMILES string of the molecule is Cc1cc(C)n(-c2ccc(NC3CCN(C(=O)c4ccccn4)C3)nn2)n1. The van der Waals surface area contributed by atoms with Gasteiger partial charge in [0.25, 0.3) is 5.91 Å². The van der Waals surface area contributed by atoms with Gasteiger partial charge in [0.15, 0.2) is 5.82 Å². The molecule has 27 heavy (non-hydrogen) atoms. The van der Waals surface area contributed by atoms with E-state index >= 15 is 0 Å². The molecule has 1 aliphatic heterocycles. The number of nitrogens with zero attached hydrogens (tertiary/aromatic N) is 6. The Bertz CT molecular complexity index is 936. The molecule has 0 spiro atoms. The highest BCUT2D eigenvalue weighted by Crippen LogP contribution is 2.17. The number of hydrogen-bond donors (Lipinski definition) is 1. The molecule has 1 atom stereocenters. The Balaban J connectivity index is 1.39. The van der Waals surface area contributed by atoms with Crippen molar-refractivity contribution in [2.45, 2.75) is 26.3 Å². The van der Waals surface area contributed by atoms with Crippen molar-refractivity contribution in [3.8, 4) is 5.82 Å². The van der Waals surface area contributed by atoms with Crippen molar-refractivity contribution in [3.05, 3.63) is 59.7 Å². The summed E-state index contributed by atoms with van der Waals surface area (Å²) in [5.41, 5.74) is 2.44. The third-order valence-electron chi connectivity index (χ3n) is 4.59. The minimum atomic E-state index is -0.0362. The highest BCUT2D eigenvalue weighted by Gasteiger charge is 2.27. The van der Waals surface area contributed by atoms with Crippen LogP contribution in [-0.2, 0) is 0 Å². The molecule has 138 valence electrons. The zero-order valence-corrected chi connectivity index (χ0v) is 15.3. The van der Waals surface area contributed by atoms with Crippen molar-refractivity contribution >= 4 is 11.7 Å². The van der Waals surface area contributed by atoms with Crippen LogP contribution >= 0.6 is 0 Å². The summed E-state index contributed by atoms with van der Waals surface area (Å²) < 4.78 is 1.77. The third-order valence-corrected chi connectivity index (χ3v) is 4.59. The number of hydrogen-bond acceptors (Lipinski definition) is 6.